The lowest BCUT2D eigenvalue weighted by molar-refractivity contribution is 0.347. The van der Waals surface area contributed by atoms with Gasteiger partial charge in [0, 0.05) is 50.6 Å². The Hall–Kier alpha value is -2.61. The summed E-state index contributed by atoms with van der Waals surface area (Å²) < 4.78 is 39.7. The van der Waals surface area contributed by atoms with Crippen LogP contribution in [0.1, 0.15) is 21.7 Å². The molecule has 4 rings (SSSR count). The van der Waals surface area contributed by atoms with Crippen molar-refractivity contribution in [1.29, 1.82) is 0 Å². The lowest BCUT2D eigenvalue weighted by Crippen LogP contribution is -2.42. The lowest BCUT2D eigenvalue weighted by atomic mass is 10.1. The zero-order chi connectivity index (χ0) is 23.9. The number of rotatable bonds is 7. The van der Waals surface area contributed by atoms with E-state index in [-0.39, 0.29) is 18.1 Å². The number of hydrogen-bond donors (Lipinski definition) is 0. The van der Waals surface area contributed by atoms with Gasteiger partial charge in [0.1, 0.15) is 4.83 Å². The van der Waals surface area contributed by atoms with Gasteiger partial charge in [0.2, 0.25) is 5.88 Å². The first-order valence-corrected chi connectivity index (χ1v) is 12.5. The van der Waals surface area contributed by atoms with Gasteiger partial charge in [0.25, 0.3) is 15.8 Å². The van der Waals surface area contributed by atoms with E-state index in [1.165, 1.54) is 54.6 Å². The average molecular weight is 495 g/mol. The van der Waals surface area contributed by atoms with Crippen molar-refractivity contribution in [2.24, 2.45) is 0 Å². The maximum atomic E-state index is 13.3. The number of ether oxygens (including phenoxy) is 2. The Morgan fingerprint density at radius 1 is 1.21 bits per heavy atom. The largest absolute Gasteiger partial charge is 0.481 e. The SMILES string of the molecule is COc1nc(CCn2cnc3sc4c(c3c2=O)CCN(S(=O)(=O)N(C)C)C4)c(C)c(OC)n1. The maximum absolute atomic E-state index is 13.3. The molecule has 0 radical (unpaired) electrons. The summed E-state index contributed by atoms with van der Waals surface area (Å²) in [4.78, 5) is 27.9. The summed E-state index contributed by atoms with van der Waals surface area (Å²) in [5.74, 6) is 0.432. The van der Waals surface area contributed by atoms with Crippen molar-refractivity contribution in [3.63, 3.8) is 0 Å². The van der Waals surface area contributed by atoms with E-state index in [9.17, 15) is 13.2 Å². The molecule has 178 valence electrons. The van der Waals surface area contributed by atoms with Crippen molar-refractivity contribution >= 4 is 31.8 Å². The number of aromatic nitrogens is 4. The first-order valence-electron chi connectivity index (χ1n) is 10.3. The Balaban J connectivity index is 1.64. The summed E-state index contributed by atoms with van der Waals surface area (Å²) in [7, 11) is 2.53. The molecule has 1 aliphatic heterocycles. The molecular formula is C20H26N6O5S2. The zero-order valence-corrected chi connectivity index (χ0v) is 20.8. The van der Waals surface area contributed by atoms with E-state index in [0.29, 0.717) is 42.0 Å². The fourth-order valence-corrected chi connectivity index (χ4v) is 6.21. The molecule has 0 amide bonds. The molecule has 0 saturated carbocycles. The van der Waals surface area contributed by atoms with E-state index in [2.05, 4.69) is 15.0 Å². The van der Waals surface area contributed by atoms with Crippen LogP contribution in [0.15, 0.2) is 11.1 Å². The summed E-state index contributed by atoms with van der Waals surface area (Å²) in [5.41, 5.74) is 2.28. The van der Waals surface area contributed by atoms with Gasteiger partial charge in [-0.05, 0) is 18.9 Å². The number of fused-ring (bicyclic) bond motifs is 3. The second kappa shape index (κ2) is 8.97. The predicted octanol–water partition coefficient (Wildman–Crippen LogP) is 0.981. The van der Waals surface area contributed by atoms with Crippen LogP contribution in [0.3, 0.4) is 0 Å². The van der Waals surface area contributed by atoms with Crippen LogP contribution in [-0.2, 0) is 36.1 Å². The van der Waals surface area contributed by atoms with Crippen LogP contribution in [0.5, 0.6) is 11.9 Å². The molecule has 0 aliphatic carbocycles. The highest BCUT2D eigenvalue weighted by Crippen LogP contribution is 2.33. The Morgan fingerprint density at radius 3 is 2.64 bits per heavy atom. The molecule has 0 atom stereocenters. The van der Waals surface area contributed by atoms with Crippen LogP contribution in [0.2, 0.25) is 0 Å². The van der Waals surface area contributed by atoms with Crippen LogP contribution in [-0.4, -0.2) is 71.4 Å². The van der Waals surface area contributed by atoms with Gasteiger partial charge in [-0.25, -0.2) is 4.98 Å². The fourth-order valence-electron chi connectivity index (χ4n) is 3.86. The van der Waals surface area contributed by atoms with Crippen molar-refractivity contribution < 1.29 is 17.9 Å². The highest BCUT2D eigenvalue weighted by atomic mass is 32.2. The Kier molecular flexibility index (Phi) is 6.40. The minimum atomic E-state index is -3.52. The van der Waals surface area contributed by atoms with E-state index < -0.39 is 10.2 Å². The van der Waals surface area contributed by atoms with Gasteiger partial charge in [-0.15, -0.1) is 11.3 Å². The molecule has 0 aromatic carbocycles. The molecule has 3 aromatic heterocycles. The third-order valence-corrected chi connectivity index (χ3v) is 8.74. The molecule has 1 aliphatic rings. The number of methoxy groups -OCH3 is 2. The van der Waals surface area contributed by atoms with E-state index in [0.717, 1.165) is 21.7 Å². The highest BCUT2D eigenvalue weighted by Gasteiger charge is 2.31. The van der Waals surface area contributed by atoms with Crippen LogP contribution in [0.4, 0.5) is 0 Å². The van der Waals surface area contributed by atoms with Crippen LogP contribution < -0.4 is 15.0 Å². The summed E-state index contributed by atoms with van der Waals surface area (Å²) in [6.45, 7) is 2.81. The summed E-state index contributed by atoms with van der Waals surface area (Å²) in [5, 5.41) is 0.578. The van der Waals surface area contributed by atoms with Gasteiger partial charge in [-0.2, -0.15) is 27.0 Å². The van der Waals surface area contributed by atoms with Crippen LogP contribution in [0, 0.1) is 6.92 Å². The summed E-state index contributed by atoms with van der Waals surface area (Å²) in [6.07, 6.45) is 2.48. The number of hydrogen-bond acceptors (Lipinski definition) is 9. The second-order valence-electron chi connectivity index (χ2n) is 7.84. The van der Waals surface area contributed by atoms with Gasteiger partial charge < -0.3 is 9.47 Å². The number of aryl methyl sites for hydroxylation is 2. The van der Waals surface area contributed by atoms with Crippen molar-refractivity contribution in [3.05, 3.63) is 38.4 Å². The van der Waals surface area contributed by atoms with Crippen LogP contribution in [0.25, 0.3) is 10.2 Å². The predicted molar refractivity (Wildman–Crippen MR) is 124 cm³/mol. The summed E-state index contributed by atoms with van der Waals surface area (Å²) >= 11 is 1.38. The lowest BCUT2D eigenvalue weighted by Gasteiger charge is -2.28. The molecule has 0 saturated heterocycles. The van der Waals surface area contributed by atoms with Gasteiger partial charge in [-0.1, -0.05) is 0 Å². The molecule has 4 heterocycles. The second-order valence-corrected chi connectivity index (χ2v) is 11.1. The fraction of sp³-hybridized carbons (Fsp3) is 0.500. The number of nitrogens with zero attached hydrogens (tertiary/aromatic N) is 6. The molecule has 0 bridgehead atoms. The Morgan fingerprint density at radius 2 is 1.97 bits per heavy atom. The van der Waals surface area contributed by atoms with Gasteiger partial charge in [0.05, 0.1) is 31.6 Å². The average Bonchev–Trinajstić information content (AvgIpc) is 3.17. The maximum Gasteiger partial charge on any atom is 0.319 e. The Bertz CT molecular complexity index is 1370. The molecule has 13 heteroatoms. The summed E-state index contributed by atoms with van der Waals surface area (Å²) in [6, 6.07) is 0.206. The topological polar surface area (TPSA) is 120 Å². The van der Waals surface area contributed by atoms with Gasteiger partial charge in [-0.3, -0.25) is 9.36 Å². The molecule has 0 unspecified atom stereocenters. The first kappa shape index (κ1) is 23.5. The normalized spacial score (nSPS) is 14.6. The van der Waals surface area contributed by atoms with Crippen molar-refractivity contribution in [2.45, 2.75) is 32.9 Å². The van der Waals surface area contributed by atoms with Gasteiger partial charge in [0.15, 0.2) is 0 Å². The molecule has 11 nitrogen and oxygen atoms in total. The smallest absolute Gasteiger partial charge is 0.319 e. The highest BCUT2D eigenvalue weighted by molar-refractivity contribution is 7.86. The number of thiophene rings is 1. The van der Waals surface area contributed by atoms with Crippen molar-refractivity contribution in [1.82, 2.24) is 28.1 Å². The monoisotopic (exact) mass is 494 g/mol. The van der Waals surface area contributed by atoms with Crippen molar-refractivity contribution in [2.75, 3.05) is 34.9 Å². The van der Waals surface area contributed by atoms with E-state index in [1.54, 1.807) is 4.57 Å². The third-order valence-electron chi connectivity index (χ3n) is 5.73. The Labute approximate surface area is 195 Å². The molecule has 3 aromatic rings. The quantitative estimate of drug-likeness (QED) is 0.477. The molecule has 0 N–H and O–H groups in total. The molecular weight excluding hydrogens is 468 g/mol. The van der Waals surface area contributed by atoms with Crippen LogP contribution >= 0.6 is 11.3 Å². The van der Waals surface area contributed by atoms with Gasteiger partial charge >= 0.3 is 6.01 Å². The minimum absolute atomic E-state index is 0.132. The standard InChI is InChI=1S/C20H26N6O5S2/c1-12-14(22-20(31-5)23-17(12)30-4)7-8-25-11-21-18-16(19(25)27)13-6-9-26(10-15(13)32-18)33(28,29)24(2)3/h11H,6-10H2,1-5H3. The molecule has 33 heavy (non-hydrogen) atoms. The molecule has 0 spiro atoms. The van der Waals surface area contributed by atoms with E-state index in [1.807, 2.05) is 6.92 Å². The third kappa shape index (κ3) is 4.21. The minimum Gasteiger partial charge on any atom is -0.481 e. The van der Waals surface area contributed by atoms with Crippen molar-refractivity contribution in [3.8, 4) is 11.9 Å². The van der Waals surface area contributed by atoms with E-state index in [4.69, 9.17) is 9.47 Å². The zero-order valence-electron chi connectivity index (χ0n) is 19.2. The first-order chi connectivity index (χ1) is 15.7. The van der Waals surface area contributed by atoms with E-state index >= 15 is 0 Å². The molecule has 0 fully saturated rings.